The average molecular weight is 833 g/mol. The van der Waals surface area contributed by atoms with Crippen molar-refractivity contribution in [1.82, 2.24) is 19.9 Å². The van der Waals surface area contributed by atoms with E-state index in [4.69, 9.17) is 0 Å². The largest absolute Gasteiger partial charge is 0.329 e. The number of carbonyl (C=O) groups excluding carboxylic acids is 2. The lowest BCUT2D eigenvalue weighted by Gasteiger charge is -2.19. The van der Waals surface area contributed by atoms with Crippen LogP contribution in [0.5, 0.6) is 0 Å². The first-order valence-electron chi connectivity index (χ1n) is 21.6. The van der Waals surface area contributed by atoms with Crippen LogP contribution in [0.25, 0.3) is 11.1 Å². The first-order chi connectivity index (χ1) is 30.2. The zero-order valence-electron chi connectivity index (χ0n) is 35.9. The van der Waals surface area contributed by atoms with Gasteiger partial charge in [-0.15, -0.1) is 0 Å². The Morgan fingerprint density at radius 3 is 1.19 bits per heavy atom. The summed E-state index contributed by atoms with van der Waals surface area (Å²) in [6, 6.07) is 37.3. The monoisotopic (exact) mass is 832 g/mol. The standard InChI is InChI=1S/C50H56N8O4/c1-5-9-17-33(7-3)41-31-43(59)55-47(53-41)57-49(61)51-39-27-23-37(24-28-39)45(35-19-13-11-14-20-35)46(36-21-15-12-16-22-36)38-25-29-40(30-26-38)52-50(62)58-48-54-42(32-44(60)56-48)34(8-4)18-10-6-2/h11-16,19-34H,5-10,17-18H2,1-4H3,(H3,51,53,55,57,59,61)(H3,52,54,56,58,60,62)/b46-45-. The van der Waals surface area contributed by atoms with Gasteiger partial charge in [0.15, 0.2) is 0 Å². The van der Waals surface area contributed by atoms with Crippen molar-refractivity contribution in [2.24, 2.45) is 0 Å². The Hall–Kier alpha value is -7.08. The highest BCUT2D eigenvalue weighted by atomic mass is 16.2. The molecule has 4 aromatic carbocycles. The lowest BCUT2D eigenvalue weighted by atomic mass is 9.85. The molecule has 0 aliphatic carbocycles. The molecule has 4 amide bonds. The summed E-state index contributed by atoms with van der Waals surface area (Å²) in [5.41, 5.74) is 7.50. The fourth-order valence-corrected chi connectivity index (χ4v) is 7.67. The molecular formula is C50H56N8O4. The van der Waals surface area contributed by atoms with Crippen LogP contribution in [0.1, 0.15) is 125 Å². The Balaban J connectivity index is 1.25. The van der Waals surface area contributed by atoms with Crippen molar-refractivity contribution in [2.75, 3.05) is 21.3 Å². The molecule has 0 aliphatic rings. The van der Waals surface area contributed by atoms with Gasteiger partial charge in [-0.05, 0) is 95.2 Å². The topological polar surface area (TPSA) is 174 Å². The Labute approximate surface area is 362 Å². The summed E-state index contributed by atoms with van der Waals surface area (Å²) in [5.74, 6) is 0.540. The van der Waals surface area contributed by atoms with Gasteiger partial charge in [0.25, 0.3) is 11.1 Å². The van der Waals surface area contributed by atoms with Crippen LogP contribution in [-0.2, 0) is 0 Å². The Kier molecular flexibility index (Phi) is 15.8. The van der Waals surface area contributed by atoms with E-state index in [2.05, 4.69) is 93.2 Å². The zero-order valence-corrected chi connectivity index (χ0v) is 35.9. The number of aromatic amines is 2. The van der Waals surface area contributed by atoms with Crippen LogP contribution in [0.3, 0.4) is 0 Å². The quantitative estimate of drug-likeness (QED) is 0.0470. The maximum atomic E-state index is 13.2. The Morgan fingerprint density at radius 2 is 0.855 bits per heavy atom. The molecular weight excluding hydrogens is 777 g/mol. The van der Waals surface area contributed by atoms with E-state index in [1.807, 2.05) is 84.9 Å². The molecule has 0 radical (unpaired) electrons. The maximum absolute atomic E-state index is 13.2. The molecule has 0 saturated carbocycles. The molecule has 12 heteroatoms. The van der Waals surface area contributed by atoms with Gasteiger partial charge in [-0.25, -0.2) is 9.59 Å². The third kappa shape index (κ3) is 12.0. The minimum Gasteiger partial charge on any atom is -0.329 e. The van der Waals surface area contributed by atoms with Crippen molar-refractivity contribution in [1.29, 1.82) is 0 Å². The van der Waals surface area contributed by atoms with E-state index in [-0.39, 0.29) is 23.7 Å². The summed E-state index contributed by atoms with van der Waals surface area (Å²) in [5, 5.41) is 11.2. The van der Waals surface area contributed by atoms with Gasteiger partial charge < -0.3 is 20.6 Å². The average Bonchev–Trinajstić information content (AvgIpc) is 3.27. The molecule has 2 heterocycles. The lowest BCUT2D eigenvalue weighted by Crippen LogP contribution is -2.24. The number of aromatic nitrogens is 4. The van der Waals surface area contributed by atoms with E-state index in [1.165, 1.54) is 12.1 Å². The van der Waals surface area contributed by atoms with Gasteiger partial charge in [0.05, 0.1) is 0 Å². The second-order valence-electron chi connectivity index (χ2n) is 15.3. The number of hydrogen-bond acceptors (Lipinski definition) is 6. The molecule has 2 aromatic heterocycles. The van der Waals surface area contributed by atoms with Gasteiger partial charge in [-0.1, -0.05) is 138 Å². The molecule has 0 fully saturated rings. The van der Waals surface area contributed by atoms with E-state index in [9.17, 15) is 19.2 Å². The first-order valence-corrected chi connectivity index (χ1v) is 21.6. The number of urea groups is 2. The highest BCUT2D eigenvalue weighted by Crippen LogP contribution is 2.37. The van der Waals surface area contributed by atoms with Gasteiger partial charge in [-0.2, -0.15) is 9.97 Å². The highest BCUT2D eigenvalue weighted by molar-refractivity contribution is 6.05. The van der Waals surface area contributed by atoms with Gasteiger partial charge in [0.2, 0.25) is 11.9 Å². The van der Waals surface area contributed by atoms with Gasteiger partial charge >= 0.3 is 12.1 Å². The zero-order chi connectivity index (χ0) is 43.8. The predicted molar refractivity (Wildman–Crippen MR) is 251 cm³/mol. The van der Waals surface area contributed by atoms with E-state index >= 15 is 0 Å². The minimum absolute atomic E-state index is 0.0987. The first kappa shape index (κ1) is 44.5. The molecule has 62 heavy (non-hydrogen) atoms. The molecule has 6 aromatic rings. The van der Waals surface area contributed by atoms with Crippen LogP contribution in [-0.4, -0.2) is 32.0 Å². The van der Waals surface area contributed by atoms with Crippen LogP contribution in [0.2, 0.25) is 0 Å². The summed E-state index contributed by atoms with van der Waals surface area (Å²) >= 11 is 0. The third-order valence-corrected chi connectivity index (χ3v) is 10.9. The molecule has 320 valence electrons. The van der Waals surface area contributed by atoms with Crippen molar-refractivity contribution in [3.63, 3.8) is 0 Å². The van der Waals surface area contributed by atoms with Crippen LogP contribution in [0.4, 0.5) is 32.9 Å². The fraction of sp³-hybridized carbons (Fsp3) is 0.280. The van der Waals surface area contributed by atoms with E-state index < -0.39 is 23.2 Å². The highest BCUT2D eigenvalue weighted by Gasteiger charge is 2.19. The number of carbonyl (C=O) groups is 2. The minimum atomic E-state index is -0.531. The van der Waals surface area contributed by atoms with Crippen molar-refractivity contribution in [2.45, 2.75) is 90.9 Å². The smallest absolute Gasteiger partial charge is 0.326 e. The molecule has 6 rings (SSSR count). The van der Waals surface area contributed by atoms with Crippen molar-refractivity contribution in [3.8, 4) is 0 Å². The number of benzene rings is 4. The Bertz CT molecular complexity index is 2370. The van der Waals surface area contributed by atoms with Crippen molar-refractivity contribution >= 4 is 46.5 Å². The second-order valence-corrected chi connectivity index (χ2v) is 15.3. The molecule has 0 saturated heterocycles. The third-order valence-electron chi connectivity index (χ3n) is 10.9. The number of amides is 4. The molecule has 12 nitrogen and oxygen atoms in total. The summed E-state index contributed by atoms with van der Waals surface area (Å²) < 4.78 is 0. The second kappa shape index (κ2) is 22.0. The van der Waals surface area contributed by atoms with Gasteiger partial charge in [0, 0.05) is 34.9 Å². The summed E-state index contributed by atoms with van der Waals surface area (Å²) in [6.45, 7) is 8.44. The Morgan fingerprint density at radius 1 is 0.500 bits per heavy atom. The van der Waals surface area contributed by atoms with Crippen LogP contribution in [0, 0.1) is 0 Å². The van der Waals surface area contributed by atoms with Crippen molar-refractivity contribution < 1.29 is 9.59 Å². The number of unbranched alkanes of at least 4 members (excludes halogenated alkanes) is 2. The summed E-state index contributed by atoms with van der Waals surface area (Å²) in [6.07, 6.45) is 7.80. The lowest BCUT2D eigenvalue weighted by molar-refractivity contribution is 0.261. The molecule has 2 unspecified atom stereocenters. The normalized spacial score (nSPS) is 12.5. The molecule has 6 N–H and O–H groups in total. The van der Waals surface area contributed by atoms with E-state index in [0.29, 0.717) is 11.4 Å². The number of H-pyrrole nitrogens is 2. The number of nitrogens with one attached hydrogen (secondary N) is 6. The molecule has 2 atom stereocenters. The summed E-state index contributed by atoms with van der Waals surface area (Å²) in [7, 11) is 0. The molecule has 0 aliphatic heterocycles. The molecule has 0 bridgehead atoms. The number of rotatable bonds is 18. The van der Waals surface area contributed by atoms with E-state index in [1.54, 1.807) is 0 Å². The molecule has 0 spiro atoms. The van der Waals surface area contributed by atoms with Gasteiger partial charge in [0.1, 0.15) is 0 Å². The predicted octanol–water partition coefficient (Wildman–Crippen LogP) is 11.5. The van der Waals surface area contributed by atoms with E-state index in [0.717, 1.165) is 96.2 Å². The van der Waals surface area contributed by atoms with Crippen LogP contribution >= 0.6 is 0 Å². The number of hydrogen-bond donors (Lipinski definition) is 6. The SMILES string of the molecule is CCCCC(CC)c1cc(=O)nc(NC(=O)Nc2ccc(/C(=C(/c3ccccc3)c3ccc(NC(=O)Nc4nc(=O)cc(C(CC)CCCC)[nH]4)cc3)c3ccccc3)cc2)[nH]1. The number of nitrogens with zero attached hydrogens (tertiary/aromatic N) is 2. The fourth-order valence-electron chi connectivity index (χ4n) is 7.67. The van der Waals surface area contributed by atoms with Crippen LogP contribution in [0.15, 0.2) is 131 Å². The summed E-state index contributed by atoms with van der Waals surface area (Å²) in [4.78, 5) is 65.6. The van der Waals surface area contributed by atoms with Crippen molar-refractivity contribution in [3.05, 3.63) is 176 Å². The number of anilines is 4. The van der Waals surface area contributed by atoms with Crippen LogP contribution < -0.4 is 32.4 Å². The maximum Gasteiger partial charge on any atom is 0.326 e. The van der Waals surface area contributed by atoms with Gasteiger partial charge in [-0.3, -0.25) is 20.2 Å².